The van der Waals surface area contributed by atoms with Gasteiger partial charge in [0.05, 0.1) is 12.7 Å². The molecule has 0 fully saturated rings. The van der Waals surface area contributed by atoms with E-state index in [2.05, 4.69) is 31.0 Å². The molecule has 4 aromatic rings. The number of Topliss-reactive ketones (excluding diaryl/α,β-unsaturated/α-hetero) is 1. The number of ketones is 1. The van der Waals surface area contributed by atoms with Crippen LogP contribution in [0.3, 0.4) is 0 Å². The van der Waals surface area contributed by atoms with Gasteiger partial charge in [0, 0.05) is 5.56 Å². The summed E-state index contributed by atoms with van der Waals surface area (Å²) in [6, 6.07) is 22.7. The number of aromatic nitrogens is 1. The van der Waals surface area contributed by atoms with Crippen molar-refractivity contribution in [3.05, 3.63) is 95.4 Å². The summed E-state index contributed by atoms with van der Waals surface area (Å²) in [5.41, 5.74) is 4.49. The predicted molar refractivity (Wildman–Crippen MR) is 120 cm³/mol. The van der Waals surface area contributed by atoms with Crippen molar-refractivity contribution in [2.75, 3.05) is 7.11 Å². The van der Waals surface area contributed by atoms with Crippen LogP contribution in [0.4, 0.5) is 0 Å². The Hall–Kier alpha value is -3.66. The van der Waals surface area contributed by atoms with Crippen molar-refractivity contribution < 1.29 is 13.9 Å². The first-order valence-corrected chi connectivity index (χ1v) is 9.91. The first-order valence-electron chi connectivity index (χ1n) is 9.91. The molecule has 30 heavy (non-hydrogen) atoms. The molecule has 4 heteroatoms. The Balaban J connectivity index is 1.79. The number of ether oxygens (including phenoxy) is 1. The molecule has 0 saturated carbocycles. The van der Waals surface area contributed by atoms with Crippen LogP contribution >= 0.6 is 0 Å². The Labute approximate surface area is 175 Å². The Morgan fingerprint density at radius 3 is 2.30 bits per heavy atom. The molecule has 0 unspecified atom stereocenters. The van der Waals surface area contributed by atoms with Crippen molar-refractivity contribution in [3.8, 4) is 5.75 Å². The number of carbonyl (C=O) groups excluding carboxylic acids is 1. The molecule has 0 aliphatic carbocycles. The lowest BCUT2D eigenvalue weighted by Crippen LogP contribution is -2.03. The van der Waals surface area contributed by atoms with Gasteiger partial charge in [0.1, 0.15) is 11.3 Å². The Morgan fingerprint density at radius 1 is 0.967 bits per heavy atom. The standard InChI is InChI=1S/C26H23NO3/c1-17(2)19-10-8-18(9-11-19)16-22(25(28)20-12-14-21(29-3)15-13-20)26-27-23-6-4-5-7-24(23)30-26/h4-17H,1-3H3. The molecule has 4 nitrogen and oxygen atoms in total. The summed E-state index contributed by atoms with van der Waals surface area (Å²) < 4.78 is 11.1. The minimum atomic E-state index is -0.155. The van der Waals surface area contributed by atoms with E-state index in [4.69, 9.17) is 9.15 Å². The predicted octanol–water partition coefficient (Wildman–Crippen LogP) is 6.38. The van der Waals surface area contributed by atoms with Gasteiger partial charge in [-0.1, -0.05) is 50.2 Å². The van der Waals surface area contributed by atoms with Gasteiger partial charge in [0.15, 0.2) is 11.4 Å². The Kier molecular flexibility index (Phi) is 5.48. The average Bonchev–Trinajstić information content (AvgIpc) is 3.21. The summed E-state index contributed by atoms with van der Waals surface area (Å²) >= 11 is 0. The number of nitrogens with zero attached hydrogens (tertiary/aromatic N) is 1. The van der Waals surface area contributed by atoms with Gasteiger partial charge < -0.3 is 9.15 Å². The third kappa shape index (κ3) is 4.03. The second-order valence-electron chi connectivity index (χ2n) is 7.42. The molecule has 1 heterocycles. The summed E-state index contributed by atoms with van der Waals surface area (Å²) in [7, 11) is 1.60. The Morgan fingerprint density at radius 2 is 1.67 bits per heavy atom. The molecule has 150 valence electrons. The van der Waals surface area contributed by atoms with Gasteiger partial charge >= 0.3 is 0 Å². The largest absolute Gasteiger partial charge is 0.497 e. The normalized spacial score (nSPS) is 11.8. The van der Waals surface area contributed by atoms with Crippen molar-refractivity contribution in [3.63, 3.8) is 0 Å². The zero-order valence-corrected chi connectivity index (χ0v) is 17.3. The molecule has 0 spiro atoms. The van der Waals surface area contributed by atoms with E-state index in [-0.39, 0.29) is 5.78 Å². The van der Waals surface area contributed by atoms with Crippen molar-refractivity contribution in [1.29, 1.82) is 0 Å². The van der Waals surface area contributed by atoms with Crippen LogP contribution < -0.4 is 4.74 Å². The van der Waals surface area contributed by atoms with E-state index in [1.807, 2.05) is 42.5 Å². The second kappa shape index (κ2) is 8.37. The van der Waals surface area contributed by atoms with E-state index in [9.17, 15) is 4.79 Å². The maximum Gasteiger partial charge on any atom is 0.231 e. The zero-order chi connectivity index (χ0) is 21.1. The third-order valence-electron chi connectivity index (χ3n) is 5.04. The zero-order valence-electron chi connectivity index (χ0n) is 17.3. The van der Waals surface area contributed by atoms with Gasteiger partial charge in [-0.05, 0) is 59.5 Å². The highest BCUT2D eigenvalue weighted by atomic mass is 16.5. The fourth-order valence-electron chi connectivity index (χ4n) is 3.25. The molecule has 1 aromatic heterocycles. The third-order valence-corrected chi connectivity index (χ3v) is 5.04. The lowest BCUT2D eigenvalue weighted by atomic mass is 9.98. The molecule has 0 bridgehead atoms. The van der Waals surface area contributed by atoms with Crippen molar-refractivity contribution in [1.82, 2.24) is 4.98 Å². The summed E-state index contributed by atoms with van der Waals surface area (Å²) in [6.07, 6.45) is 1.83. The number of oxazole rings is 1. The molecular weight excluding hydrogens is 374 g/mol. The molecule has 0 N–H and O–H groups in total. The number of rotatable bonds is 6. The molecule has 0 aliphatic rings. The van der Waals surface area contributed by atoms with Crippen LogP contribution in [0.2, 0.25) is 0 Å². The fraction of sp³-hybridized carbons (Fsp3) is 0.154. The second-order valence-corrected chi connectivity index (χ2v) is 7.42. The number of carbonyl (C=O) groups is 1. The van der Waals surface area contributed by atoms with Gasteiger partial charge in [0.25, 0.3) is 0 Å². The number of hydrogen-bond donors (Lipinski definition) is 0. The smallest absolute Gasteiger partial charge is 0.231 e. The molecule has 0 atom stereocenters. The first-order chi connectivity index (χ1) is 14.5. The molecule has 0 aliphatic heterocycles. The van der Waals surface area contributed by atoms with Crippen molar-refractivity contribution in [2.45, 2.75) is 19.8 Å². The molecule has 0 amide bonds. The van der Waals surface area contributed by atoms with Crippen LogP contribution in [0, 0.1) is 0 Å². The SMILES string of the molecule is COc1ccc(C(=O)C(=Cc2ccc(C(C)C)cc2)c2nc3ccccc3o2)cc1. The maximum atomic E-state index is 13.4. The minimum Gasteiger partial charge on any atom is -0.497 e. The first kappa shape index (κ1) is 19.6. The number of fused-ring (bicyclic) bond motifs is 1. The fourth-order valence-corrected chi connectivity index (χ4v) is 3.25. The average molecular weight is 397 g/mol. The van der Waals surface area contributed by atoms with Gasteiger partial charge in [-0.25, -0.2) is 4.98 Å². The van der Waals surface area contributed by atoms with Gasteiger partial charge in [0.2, 0.25) is 5.89 Å². The lowest BCUT2D eigenvalue weighted by molar-refractivity contribution is 0.105. The van der Waals surface area contributed by atoms with Gasteiger partial charge in [-0.15, -0.1) is 0 Å². The van der Waals surface area contributed by atoms with Crippen LogP contribution in [0.25, 0.3) is 22.7 Å². The van der Waals surface area contributed by atoms with E-state index >= 15 is 0 Å². The summed E-state index contributed by atoms with van der Waals surface area (Å²) in [5, 5.41) is 0. The number of methoxy groups -OCH3 is 1. The highest BCUT2D eigenvalue weighted by Gasteiger charge is 2.20. The van der Waals surface area contributed by atoms with Crippen LogP contribution in [-0.2, 0) is 0 Å². The number of benzene rings is 3. The highest BCUT2D eigenvalue weighted by Crippen LogP contribution is 2.27. The lowest BCUT2D eigenvalue weighted by Gasteiger charge is -2.07. The molecule has 4 rings (SSSR count). The van der Waals surface area contributed by atoms with E-state index in [1.165, 1.54) is 5.56 Å². The van der Waals surface area contributed by atoms with E-state index in [0.29, 0.717) is 34.3 Å². The van der Waals surface area contributed by atoms with Gasteiger partial charge in [-0.2, -0.15) is 0 Å². The van der Waals surface area contributed by atoms with Crippen LogP contribution in [0.5, 0.6) is 5.75 Å². The summed E-state index contributed by atoms with van der Waals surface area (Å²) in [5.74, 6) is 1.30. The molecule has 3 aromatic carbocycles. The monoisotopic (exact) mass is 397 g/mol. The maximum absolute atomic E-state index is 13.4. The molecular formula is C26H23NO3. The molecule has 0 saturated heterocycles. The number of allylic oxidation sites excluding steroid dienone is 1. The van der Waals surface area contributed by atoms with Gasteiger partial charge in [-0.3, -0.25) is 4.79 Å². The number of hydrogen-bond acceptors (Lipinski definition) is 4. The van der Waals surface area contributed by atoms with E-state index in [0.717, 1.165) is 11.1 Å². The summed E-state index contributed by atoms with van der Waals surface area (Å²) in [4.78, 5) is 17.9. The van der Waals surface area contributed by atoms with E-state index < -0.39 is 0 Å². The highest BCUT2D eigenvalue weighted by molar-refractivity contribution is 6.31. The minimum absolute atomic E-state index is 0.155. The van der Waals surface area contributed by atoms with Crippen molar-refractivity contribution >= 4 is 28.5 Å². The Bertz CT molecular complexity index is 1170. The van der Waals surface area contributed by atoms with E-state index in [1.54, 1.807) is 31.4 Å². The van der Waals surface area contributed by atoms with Crippen LogP contribution in [0.1, 0.15) is 47.1 Å². The van der Waals surface area contributed by atoms with Crippen LogP contribution in [-0.4, -0.2) is 17.9 Å². The molecule has 0 radical (unpaired) electrons. The quantitative estimate of drug-likeness (QED) is 0.280. The summed E-state index contributed by atoms with van der Waals surface area (Å²) in [6.45, 7) is 4.31. The van der Waals surface area contributed by atoms with Crippen LogP contribution in [0.15, 0.2) is 77.2 Å². The van der Waals surface area contributed by atoms with Crippen molar-refractivity contribution in [2.24, 2.45) is 0 Å². The number of para-hydroxylation sites is 2. The topological polar surface area (TPSA) is 52.3 Å².